The second kappa shape index (κ2) is 4.33. The Morgan fingerprint density at radius 1 is 0.895 bits per heavy atom. The van der Waals surface area contributed by atoms with Gasteiger partial charge in [-0.2, -0.15) is 0 Å². The van der Waals surface area contributed by atoms with Gasteiger partial charge in [-0.15, -0.1) is 0 Å². The lowest BCUT2D eigenvalue weighted by Crippen LogP contribution is -2.12. The highest BCUT2D eigenvalue weighted by Crippen LogP contribution is 2.20. The molecule has 2 rings (SSSR count). The van der Waals surface area contributed by atoms with Gasteiger partial charge in [0.15, 0.2) is 5.69 Å². The van der Waals surface area contributed by atoms with Crippen LogP contribution in [0.3, 0.4) is 0 Å². The number of rotatable bonds is 3. The molecule has 0 aliphatic carbocycles. The zero-order valence-electron chi connectivity index (χ0n) is 9.19. The van der Waals surface area contributed by atoms with E-state index in [0.717, 1.165) is 0 Å². The van der Waals surface area contributed by atoms with Crippen LogP contribution in [-0.4, -0.2) is 43.2 Å². The number of nitrogens with zero attached hydrogens (tertiary/aromatic N) is 2. The van der Waals surface area contributed by atoms with Crippen LogP contribution < -0.4 is 0 Å². The molecule has 1 aromatic carbocycles. The third-order valence-corrected chi connectivity index (χ3v) is 2.35. The maximum atomic E-state index is 11.0. The summed E-state index contributed by atoms with van der Waals surface area (Å²) < 4.78 is 0. The molecule has 0 aliphatic rings. The summed E-state index contributed by atoms with van der Waals surface area (Å²) in [4.78, 5) is 39.9. The van der Waals surface area contributed by atoms with E-state index in [-0.39, 0.29) is 16.5 Å². The molecule has 96 valence electrons. The maximum absolute atomic E-state index is 11.0. The monoisotopic (exact) mass is 262 g/mol. The first-order valence-electron chi connectivity index (χ1n) is 4.92. The minimum Gasteiger partial charge on any atom is -0.478 e. The second-order valence-electron chi connectivity index (χ2n) is 3.51. The van der Waals surface area contributed by atoms with E-state index in [1.807, 2.05) is 0 Å². The Balaban J connectivity index is 2.95. The van der Waals surface area contributed by atoms with Crippen molar-refractivity contribution in [2.24, 2.45) is 0 Å². The van der Waals surface area contributed by atoms with Crippen LogP contribution in [0.25, 0.3) is 10.9 Å². The Hall–Kier alpha value is -3.03. The molecule has 0 spiro atoms. The van der Waals surface area contributed by atoms with E-state index in [4.69, 9.17) is 15.3 Å². The molecule has 0 saturated heterocycles. The van der Waals surface area contributed by atoms with Crippen LogP contribution in [0.1, 0.15) is 31.5 Å². The molecule has 2 aromatic rings. The predicted octanol–water partition coefficient (Wildman–Crippen LogP) is 0.724. The van der Waals surface area contributed by atoms with E-state index in [2.05, 4.69) is 9.97 Å². The zero-order valence-corrected chi connectivity index (χ0v) is 9.19. The average Bonchev–Trinajstić information content (AvgIpc) is 2.36. The largest absolute Gasteiger partial charge is 0.478 e. The summed E-state index contributed by atoms with van der Waals surface area (Å²) in [6.07, 6.45) is 0. The van der Waals surface area contributed by atoms with Crippen molar-refractivity contribution >= 4 is 28.8 Å². The number of carboxylic acids is 3. The number of hydrogen-bond acceptors (Lipinski definition) is 5. The van der Waals surface area contributed by atoms with E-state index < -0.39 is 29.4 Å². The minimum absolute atomic E-state index is 0.0302. The van der Waals surface area contributed by atoms with Crippen molar-refractivity contribution in [3.63, 3.8) is 0 Å². The molecule has 0 saturated carbocycles. The van der Waals surface area contributed by atoms with Gasteiger partial charge in [-0.25, -0.2) is 24.4 Å². The Bertz CT molecular complexity index is 724. The zero-order chi connectivity index (χ0) is 14.2. The standard InChI is InChI=1S/C11H6N2O6/c14-9(15)5-3-1-2-4-6(5)12-8(11(18)19)13-7(4)10(16)17/h1-3H,(H,14,15)(H,16,17)(H,18,19). The number of carbonyl (C=O) groups is 3. The molecule has 1 heterocycles. The van der Waals surface area contributed by atoms with Crippen molar-refractivity contribution < 1.29 is 29.7 Å². The summed E-state index contributed by atoms with van der Waals surface area (Å²) in [5.41, 5.74) is -1.06. The predicted molar refractivity (Wildman–Crippen MR) is 60.4 cm³/mol. The summed E-state index contributed by atoms with van der Waals surface area (Å²) in [6, 6.07) is 3.85. The Morgan fingerprint density at radius 3 is 2.11 bits per heavy atom. The van der Waals surface area contributed by atoms with Crippen molar-refractivity contribution in [1.82, 2.24) is 9.97 Å². The normalized spacial score (nSPS) is 10.3. The number of aromatic carboxylic acids is 3. The SMILES string of the molecule is O=C(O)c1nc(C(=O)O)c2cccc(C(=O)O)c2n1. The van der Waals surface area contributed by atoms with Crippen molar-refractivity contribution in [2.75, 3.05) is 0 Å². The first kappa shape index (κ1) is 12.4. The summed E-state index contributed by atoms with van der Waals surface area (Å²) in [6.45, 7) is 0. The van der Waals surface area contributed by atoms with E-state index in [9.17, 15) is 14.4 Å². The molecule has 0 amide bonds. The molecular weight excluding hydrogens is 256 g/mol. The first-order chi connectivity index (χ1) is 8.91. The van der Waals surface area contributed by atoms with Crippen LogP contribution in [-0.2, 0) is 0 Å². The molecule has 0 atom stereocenters. The first-order valence-corrected chi connectivity index (χ1v) is 4.92. The van der Waals surface area contributed by atoms with Gasteiger partial charge in [-0.05, 0) is 6.07 Å². The highest BCUT2D eigenvalue weighted by atomic mass is 16.4. The molecule has 0 aliphatic heterocycles. The van der Waals surface area contributed by atoms with Gasteiger partial charge < -0.3 is 15.3 Å². The highest BCUT2D eigenvalue weighted by Gasteiger charge is 2.20. The molecule has 1 aromatic heterocycles. The van der Waals surface area contributed by atoms with Crippen LogP contribution in [0.2, 0.25) is 0 Å². The summed E-state index contributed by atoms with van der Waals surface area (Å²) in [5.74, 6) is -5.10. The fraction of sp³-hybridized carbons (Fsp3) is 0. The number of carboxylic acid groups (broad SMARTS) is 3. The molecule has 0 bridgehead atoms. The van der Waals surface area contributed by atoms with Gasteiger partial charge in [-0.3, -0.25) is 0 Å². The van der Waals surface area contributed by atoms with Gasteiger partial charge in [0.25, 0.3) is 0 Å². The number of hydrogen-bond donors (Lipinski definition) is 3. The Morgan fingerprint density at radius 2 is 1.58 bits per heavy atom. The summed E-state index contributed by atoms with van der Waals surface area (Å²) in [7, 11) is 0. The minimum atomic E-state index is -1.54. The number of aromatic nitrogens is 2. The van der Waals surface area contributed by atoms with Crippen molar-refractivity contribution in [1.29, 1.82) is 0 Å². The van der Waals surface area contributed by atoms with Gasteiger partial charge in [0.1, 0.15) is 0 Å². The van der Waals surface area contributed by atoms with Gasteiger partial charge in [0.2, 0.25) is 5.82 Å². The van der Waals surface area contributed by atoms with Crippen LogP contribution in [0.4, 0.5) is 0 Å². The van der Waals surface area contributed by atoms with Gasteiger partial charge in [0, 0.05) is 5.39 Å². The average molecular weight is 262 g/mol. The molecule has 8 nitrogen and oxygen atoms in total. The van der Waals surface area contributed by atoms with E-state index in [1.54, 1.807) is 0 Å². The van der Waals surface area contributed by atoms with E-state index in [1.165, 1.54) is 18.2 Å². The topological polar surface area (TPSA) is 138 Å². The fourth-order valence-electron chi connectivity index (χ4n) is 1.58. The molecule has 19 heavy (non-hydrogen) atoms. The number of para-hydroxylation sites is 1. The fourth-order valence-corrected chi connectivity index (χ4v) is 1.58. The Kier molecular flexibility index (Phi) is 2.83. The summed E-state index contributed by atoms with van der Waals surface area (Å²) >= 11 is 0. The van der Waals surface area contributed by atoms with Crippen LogP contribution in [0, 0.1) is 0 Å². The lowest BCUT2D eigenvalue weighted by molar-refractivity contribution is 0.0669. The number of fused-ring (bicyclic) bond motifs is 1. The van der Waals surface area contributed by atoms with Crippen LogP contribution in [0.15, 0.2) is 18.2 Å². The van der Waals surface area contributed by atoms with Crippen molar-refractivity contribution in [3.05, 3.63) is 35.3 Å². The molecule has 3 N–H and O–H groups in total. The smallest absolute Gasteiger partial charge is 0.373 e. The molecule has 8 heteroatoms. The molecule has 0 unspecified atom stereocenters. The van der Waals surface area contributed by atoms with Crippen molar-refractivity contribution in [3.8, 4) is 0 Å². The summed E-state index contributed by atoms with van der Waals surface area (Å²) in [5, 5.41) is 26.8. The quantitative estimate of drug-likeness (QED) is 0.735. The maximum Gasteiger partial charge on any atom is 0.373 e. The van der Waals surface area contributed by atoms with Gasteiger partial charge in [0.05, 0.1) is 11.1 Å². The molecule has 0 fully saturated rings. The van der Waals surface area contributed by atoms with Crippen molar-refractivity contribution in [2.45, 2.75) is 0 Å². The highest BCUT2D eigenvalue weighted by molar-refractivity contribution is 6.08. The molecule has 0 radical (unpaired) electrons. The molecular formula is C11H6N2O6. The third-order valence-electron chi connectivity index (χ3n) is 2.35. The Labute approximate surface area is 105 Å². The second-order valence-corrected chi connectivity index (χ2v) is 3.51. The van der Waals surface area contributed by atoms with Crippen LogP contribution >= 0.6 is 0 Å². The third kappa shape index (κ3) is 2.06. The van der Waals surface area contributed by atoms with E-state index in [0.29, 0.717) is 0 Å². The van der Waals surface area contributed by atoms with Crippen LogP contribution in [0.5, 0.6) is 0 Å². The van der Waals surface area contributed by atoms with Gasteiger partial charge >= 0.3 is 17.9 Å². The van der Waals surface area contributed by atoms with Gasteiger partial charge in [-0.1, -0.05) is 12.1 Å². The lowest BCUT2D eigenvalue weighted by atomic mass is 10.1. The number of benzene rings is 1. The van der Waals surface area contributed by atoms with E-state index >= 15 is 0 Å². The lowest BCUT2D eigenvalue weighted by Gasteiger charge is -2.05.